The van der Waals surface area contributed by atoms with Gasteiger partial charge in [0.25, 0.3) is 0 Å². The zero-order valence-electron chi connectivity index (χ0n) is 66.3. The molecule has 0 aromatic heterocycles. The van der Waals surface area contributed by atoms with Crippen LogP contribution in [0.4, 0.5) is 0 Å². The van der Waals surface area contributed by atoms with E-state index in [-0.39, 0.29) is 150 Å². The van der Waals surface area contributed by atoms with Gasteiger partial charge in [0.2, 0.25) is 0 Å². The Hall–Kier alpha value is 1.20. The van der Waals surface area contributed by atoms with Crippen LogP contribution < -0.4 is 0 Å². The third kappa shape index (κ3) is 28.6. The fourth-order valence-electron chi connectivity index (χ4n) is 14.7. The smallest absolute Gasteiger partial charge is 0.187 e. The molecule has 0 aliphatic carbocycles. The average molecular weight is 1890 g/mol. The minimum Gasteiger partial charge on any atom is -0.396 e. The van der Waals surface area contributed by atoms with Gasteiger partial charge in [-0.3, -0.25) is 0 Å². The highest BCUT2D eigenvalue weighted by Gasteiger charge is 2.61. The lowest BCUT2D eigenvalue weighted by Gasteiger charge is -2.51. The summed E-state index contributed by atoms with van der Waals surface area (Å²) in [7, 11) is 0. The summed E-state index contributed by atoms with van der Waals surface area (Å²) < 4.78 is 103. The van der Waals surface area contributed by atoms with Crippen molar-refractivity contribution in [1.29, 1.82) is 0 Å². The van der Waals surface area contributed by atoms with E-state index < -0.39 is 246 Å². The monoisotopic (exact) mass is 1890 g/mol. The Balaban J connectivity index is 1.09. The Morgan fingerprint density at radius 3 is 0.333 bits per heavy atom. The van der Waals surface area contributed by atoms with Gasteiger partial charge in [0, 0.05) is 98.9 Å². The quantitative estimate of drug-likeness (QED) is 0.0253. The second kappa shape index (κ2) is 54.4. The van der Waals surface area contributed by atoms with Crippen LogP contribution in [0.3, 0.4) is 0 Å². The number of aliphatic hydroxyl groups is 24. The predicted octanol–water partition coefficient (Wildman–Crippen LogP) is -8.42. The second-order valence-electron chi connectivity index (χ2n) is 30.2. The zero-order chi connectivity index (χ0) is 86.7. The first-order chi connectivity index (χ1) is 57.9. The van der Waals surface area contributed by atoms with Gasteiger partial charge in [-0.05, 0) is 97.4 Å². The van der Waals surface area contributed by atoms with Gasteiger partial charge < -0.3 is 198 Å². The third-order valence-corrected chi connectivity index (χ3v) is 30.4. The SMILES string of the molecule is OCCCSCC1O[C@@H]2O[C@@H]3C(CSCCCO)O[C@H](O[C@@H]4C(CSCCCO)O[C@H](O[C@@H]5C(CSCCCO)O[C@H](O[C@@H]6C(CSCCCO)O[C@H](O[C@@H]7C(CSCCCO)O[C@H](O[C@@H]8C(CSCCCO)O[C@H](O[C@@H]9C(CSCCCO)O[C@H](O[C@H]1C(O)C2O)C(O)C9O)C(O)C8O)C(O)C7O)C(O)C6O)C(O)C5O)C(O)C4O)C(O)C3O. The molecule has 0 spiro atoms. The minimum absolute atomic E-state index is 0.0915. The first-order valence-electron chi connectivity index (χ1n) is 40.8. The third-order valence-electron chi connectivity index (χ3n) is 21.3. The van der Waals surface area contributed by atoms with E-state index in [1.165, 1.54) is 94.1 Å². The van der Waals surface area contributed by atoms with Crippen molar-refractivity contribution >= 4 is 94.1 Å². The molecule has 704 valence electrons. The molecule has 0 amide bonds. The number of thioether (sulfide) groups is 8. The van der Waals surface area contributed by atoms with Crippen molar-refractivity contribution in [3.05, 3.63) is 0 Å². The van der Waals surface area contributed by atoms with E-state index in [1.54, 1.807) is 0 Å². The van der Waals surface area contributed by atoms with E-state index in [4.69, 9.17) is 75.8 Å². The fourth-order valence-corrected chi connectivity index (χ4v) is 22.7. The van der Waals surface area contributed by atoms with Gasteiger partial charge in [-0.2, -0.15) is 94.1 Å². The molecule has 0 saturated carbocycles. The normalized spacial score (nSPS) is 43.8. The topological polar surface area (TPSA) is 633 Å². The van der Waals surface area contributed by atoms with Crippen LogP contribution in [0.5, 0.6) is 0 Å². The lowest BCUT2D eigenvalue weighted by molar-refractivity contribution is -0.396. The Labute approximate surface area is 729 Å². The summed E-state index contributed by atoms with van der Waals surface area (Å²) in [6.07, 6.45) is -70.3. The molecule has 30 aliphatic heterocycles. The summed E-state index contributed by atoms with van der Waals surface area (Å²) in [5.41, 5.74) is 0. The summed E-state index contributed by atoms with van der Waals surface area (Å²) in [5, 5.41) is 274. The van der Waals surface area contributed by atoms with Crippen LogP contribution in [0.25, 0.3) is 0 Å². The van der Waals surface area contributed by atoms with E-state index in [0.29, 0.717) is 46.0 Å². The largest absolute Gasteiger partial charge is 0.396 e. The molecule has 30 rings (SSSR count). The maximum Gasteiger partial charge on any atom is 0.187 e. The summed E-state index contributed by atoms with van der Waals surface area (Å²) in [6, 6.07) is 0. The van der Waals surface area contributed by atoms with Crippen molar-refractivity contribution in [2.24, 2.45) is 0 Å². The standard InChI is InChI=1S/C72H128O40S8/c73-9-1-17-113-25-33-57-41(81)49(89)65(97-33)106-58-34(26-114-18-2-10-74)99-67(51(91)43(58)83)108-60-36(28-116-20-4-12-76)101-69(53(93)45(60)85)110-62-38(30-118-22-6-14-78)103-71(55(95)47(62)87)112-64-40(32-120-24-8-16-80)104-72(56(96)48(64)88)111-63-39(31-119-23-7-15-79)102-70(54(94)46(63)86)109-61-37(29-117-21-5-13-77)100-68(52(92)44(61)84)107-59-35(27-115-19-3-11-75)98-66(105-57)50(90)42(59)82/h33-96H,1-32H2/t33?,34?,35?,36?,37?,38?,39?,40?,41?,42?,43?,44?,45?,46?,47?,48?,49?,50?,51?,52?,53?,54?,55?,56?,57-,58-,59-,60-,61-,62-,63-,64-,65-,66-,67-,68-,69-,70-,71-,72-/m1/s1. The van der Waals surface area contributed by atoms with Gasteiger partial charge in [-0.15, -0.1) is 0 Å². The molecule has 40 atom stereocenters. The lowest BCUT2D eigenvalue weighted by Crippen LogP contribution is -2.69. The van der Waals surface area contributed by atoms with E-state index in [2.05, 4.69) is 0 Å². The molecule has 0 aromatic carbocycles. The van der Waals surface area contributed by atoms with Crippen molar-refractivity contribution in [1.82, 2.24) is 0 Å². The molecule has 24 unspecified atom stereocenters. The van der Waals surface area contributed by atoms with Crippen LogP contribution in [0.1, 0.15) is 51.4 Å². The van der Waals surface area contributed by atoms with Crippen molar-refractivity contribution in [3.8, 4) is 0 Å². The van der Waals surface area contributed by atoms with E-state index in [0.717, 1.165) is 0 Å². The van der Waals surface area contributed by atoms with Crippen molar-refractivity contribution in [3.63, 3.8) is 0 Å². The molecule has 30 fully saturated rings. The number of aliphatic hydroxyl groups excluding tert-OH is 24. The Morgan fingerprint density at radius 2 is 0.242 bits per heavy atom. The molecule has 0 aromatic rings. The predicted molar refractivity (Wildman–Crippen MR) is 437 cm³/mol. The molecular weight excluding hydrogens is 1760 g/mol. The number of hydrogen-bond donors (Lipinski definition) is 24. The molecule has 120 heavy (non-hydrogen) atoms. The van der Waals surface area contributed by atoms with Gasteiger partial charge >= 0.3 is 0 Å². The maximum absolute atomic E-state index is 12.3. The highest BCUT2D eigenvalue weighted by atomic mass is 32.2. The summed E-state index contributed by atoms with van der Waals surface area (Å²) >= 11 is 9.65. The van der Waals surface area contributed by atoms with Crippen LogP contribution in [0.15, 0.2) is 0 Å². The first-order valence-corrected chi connectivity index (χ1v) is 50.0. The van der Waals surface area contributed by atoms with Gasteiger partial charge in [0.1, 0.15) is 146 Å². The highest BCUT2D eigenvalue weighted by molar-refractivity contribution is 8.00. The molecule has 48 heteroatoms. The van der Waals surface area contributed by atoms with E-state index in [9.17, 15) is 123 Å². The van der Waals surface area contributed by atoms with Gasteiger partial charge in [-0.1, -0.05) is 0 Å². The van der Waals surface area contributed by atoms with Crippen LogP contribution in [-0.2, 0) is 75.8 Å². The molecule has 24 N–H and O–H groups in total. The number of hydrogen-bond acceptors (Lipinski definition) is 48. The highest BCUT2D eigenvalue weighted by Crippen LogP contribution is 2.43. The lowest BCUT2D eigenvalue weighted by atomic mass is 9.95. The Bertz CT molecular complexity index is 2250. The summed E-state index contributed by atoms with van der Waals surface area (Å²) in [5.74, 6) is 1.72. The molecule has 30 heterocycles. The zero-order valence-corrected chi connectivity index (χ0v) is 72.8. The minimum atomic E-state index is -2.11. The molecule has 0 radical (unpaired) electrons. The van der Waals surface area contributed by atoms with E-state index in [1.807, 2.05) is 0 Å². The second-order valence-corrected chi connectivity index (χ2v) is 39.4. The summed E-state index contributed by atoms with van der Waals surface area (Å²) in [6.45, 7) is -1.75. The molecule has 30 aliphatic rings. The van der Waals surface area contributed by atoms with E-state index >= 15 is 0 Å². The van der Waals surface area contributed by atoms with Crippen LogP contribution >= 0.6 is 94.1 Å². The molecule has 30 saturated heterocycles. The maximum atomic E-state index is 12.3. The van der Waals surface area contributed by atoms with Crippen molar-refractivity contribution in [2.75, 3.05) is 145 Å². The van der Waals surface area contributed by atoms with Crippen LogP contribution in [0, 0.1) is 0 Å². The first kappa shape index (κ1) is 105. The van der Waals surface area contributed by atoms with Gasteiger partial charge in [-0.25, -0.2) is 0 Å². The Morgan fingerprint density at radius 1 is 0.142 bits per heavy atom. The van der Waals surface area contributed by atoms with Crippen LogP contribution in [-0.4, -0.2) is 513 Å². The van der Waals surface area contributed by atoms with Crippen LogP contribution in [0.2, 0.25) is 0 Å². The molecule has 40 nitrogen and oxygen atoms in total. The number of rotatable bonds is 40. The fraction of sp³-hybridized carbons (Fsp3) is 1.00. The van der Waals surface area contributed by atoms with Gasteiger partial charge in [0.05, 0.1) is 48.8 Å². The summed E-state index contributed by atoms with van der Waals surface area (Å²) in [4.78, 5) is 0. The molecular formula is C72H128O40S8. The Kier molecular flexibility index (Phi) is 47.5. The molecule has 16 bridgehead atoms. The number of ether oxygens (including phenoxy) is 16. The van der Waals surface area contributed by atoms with Crippen molar-refractivity contribution in [2.45, 2.75) is 297 Å². The van der Waals surface area contributed by atoms with Crippen molar-refractivity contribution < 1.29 is 198 Å². The average Bonchev–Trinajstić information content (AvgIpc) is 0.771. The van der Waals surface area contributed by atoms with Gasteiger partial charge in [0.15, 0.2) is 50.3 Å².